The lowest BCUT2D eigenvalue weighted by Gasteiger charge is -2.11. The number of hydrogen-bond donors (Lipinski definition) is 2. The smallest absolute Gasteiger partial charge is 0.0964 e. The average molecular weight is 228 g/mol. The number of aliphatic hydroxyl groups excluding tert-OH is 1. The minimum absolute atomic E-state index is 0.0803. The topological polar surface area (TPSA) is 72.2 Å². The van der Waals surface area contributed by atoms with Crippen molar-refractivity contribution < 1.29 is 9.84 Å². The molecule has 1 aromatic heterocycles. The zero-order chi connectivity index (χ0) is 11.8. The molecule has 2 N–H and O–H groups in total. The highest BCUT2D eigenvalue weighted by molar-refractivity contribution is 4.91. The Kier molecular flexibility index (Phi) is 5.99. The first-order valence-electron chi connectivity index (χ1n) is 5.57. The van der Waals surface area contributed by atoms with Crippen LogP contribution in [0.15, 0.2) is 6.20 Å². The van der Waals surface area contributed by atoms with E-state index in [0.29, 0.717) is 25.7 Å². The average Bonchev–Trinajstić information content (AvgIpc) is 2.72. The van der Waals surface area contributed by atoms with Crippen LogP contribution in [0, 0.1) is 0 Å². The fourth-order valence-corrected chi connectivity index (χ4v) is 1.26. The molecule has 1 unspecified atom stereocenters. The molecule has 0 amide bonds. The van der Waals surface area contributed by atoms with Crippen molar-refractivity contribution in [3.63, 3.8) is 0 Å². The van der Waals surface area contributed by atoms with Crippen LogP contribution in [0.4, 0.5) is 0 Å². The van der Waals surface area contributed by atoms with Crippen molar-refractivity contribution >= 4 is 0 Å². The summed E-state index contributed by atoms with van der Waals surface area (Å²) >= 11 is 0. The summed E-state index contributed by atoms with van der Waals surface area (Å²) in [4.78, 5) is 0. The number of rotatable bonds is 8. The van der Waals surface area contributed by atoms with Gasteiger partial charge in [0, 0.05) is 25.4 Å². The molecule has 0 aromatic carbocycles. The first-order valence-corrected chi connectivity index (χ1v) is 5.57. The monoisotopic (exact) mass is 228 g/mol. The molecule has 6 nitrogen and oxygen atoms in total. The van der Waals surface area contributed by atoms with E-state index in [-0.39, 0.29) is 6.61 Å². The van der Waals surface area contributed by atoms with Crippen LogP contribution < -0.4 is 5.32 Å². The van der Waals surface area contributed by atoms with Crippen LogP contribution in [0.2, 0.25) is 0 Å². The molecule has 1 atom stereocenters. The maximum absolute atomic E-state index is 8.72. The number of hydrogen-bond acceptors (Lipinski definition) is 5. The molecule has 0 saturated heterocycles. The van der Waals surface area contributed by atoms with Crippen molar-refractivity contribution in [1.29, 1.82) is 0 Å². The van der Waals surface area contributed by atoms with Gasteiger partial charge in [0.25, 0.3) is 0 Å². The SMILES string of the molecule is CCOCC(C)NCc1cn(CCO)nn1. The summed E-state index contributed by atoms with van der Waals surface area (Å²) < 4.78 is 6.92. The molecular weight excluding hydrogens is 208 g/mol. The molecular formula is C10H20N4O2. The van der Waals surface area contributed by atoms with Gasteiger partial charge < -0.3 is 15.2 Å². The Morgan fingerprint density at radius 3 is 3.12 bits per heavy atom. The predicted molar refractivity (Wildman–Crippen MR) is 59.9 cm³/mol. The lowest BCUT2D eigenvalue weighted by atomic mass is 10.3. The van der Waals surface area contributed by atoms with E-state index < -0.39 is 0 Å². The van der Waals surface area contributed by atoms with E-state index in [1.54, 1.807) is 4.68 Å². The Hall–Kier alpha value is -0.980. The summed E-state index contributed by atoms with van der Waals surface area (Å²) in [6.07, 6.45) is 1.83. The van der Waals surface area contributed by atoms with E-state index >= 15 is 0 Å². The van der Waals surface area contributed by atoms with Crippen LogP contribution in [0.5, 0.6) is 0 Å². The third-order valence-corrected chi connectivity index (χ3v) is 2.12. The van der Waals surface area contributed by atoms with E-state index in [2.05, 4.69) is 22.6 Å². The minimum atomic E-state index is 0.0803. The second-order valence-corrected chi connectivity index (χ2v) is 3.64. The quantitative estimate of drug-likeness (QED) is 0.644. The molecule has 1 rings (SSSR count). The van der Waals surface area contributed by atoms with Crippen LogP contribution in [-0.2, 0) is 17.8 Å². The third kappa shape index (κ3) is 4.69. The van der Waals surface area contributed by atoms with E-state index in [1.807, 2.05) is 13.1 Å². The van der Waals surface area contributed by atoms with Crippen LogP contribution in [0.25, 0.3) is 0 Å². The molecule has 0 spiro atoms. The van der Waals surface area contributed by atoms with Gasteiger partial charge in [0.2, 0.25) is 0 Å². The highest BCUT2D eigenvalue weighted by atomic mass is 16.5. The van der Waals surface area contributed by atoms with Crippen molar-refractivity contribution in [1.82, 2.24) is 20.3 Å². The predicted octanol–water partition coefficient (Wildman–Crippen LogP) is -0.215. The minimum Gasteiger partial charge on any atom is -0.394 e. The standard InChI is InChI=1S/C10H20N4O2/c1-3-16-8-9(2)11-6-10-7-14(4-5-15)13-12-10/h7,9,11,15H,3-6,8H2,1-2H3. The van der Waals surface area contributed by atoms with Gasteiger partial charge in [-0.05, 0) is 13.8 Å². The van der Waals surface area contributed by atoms with Gasteiger partial charge in [-0.1, -0.05) is 5.21 Å². The molecule has 0 bridgehead atoms. The second-order valence-electron chi connectivity index (χ2n) is 3.64. The van der Waals surface area contributed by atoms with Gasteiger partial charge >= 0.3 is 0 Å². The fraction of sp³-hybridized carbons (Fsp3) is 0.800. The molecule has 0 radical (unpaired) electrons. The highest BCUT2D eigenvalue weighted by Gasteiger charge is 2.04. The molecule has 0 fully saturated rings. The molecule has 6 heteroatoms. The number of aliphatic hydroxyl groups is 1. The summed E-state index contributed by atoms with van der Waals surface area (Å²) in [5.74, 6) is 0. The summed E-state index contributed by atoms with van der Waals surface area (Å²) in [5, 5.41) is 19.9. The van der Waals surface area contributed by atoms with Crippen LogP contribution in [-0.4, -0.2) is 46.0 Å². The van der Waals surface area contributed by atoms with E-state index in [4.69, 9.17) is 9.84 Å². The maximum Gasteiger partial charge on any atom is 0.0964 e. The Morgan fingerprint density at radius 1 is 1.62 bits per heavy atom. The Labute approximate surface area is 95.6 Å². The largest absolute Gasteiger partial charge is 0.394 e. The molecule has 0 aliphatic heterocycles. The normalized spacial score (nSPS) is 12.9. The Bertz CT molecular complexity index is 290. The molecule has 0 aliphatic rings. The molecule has 92 valence electrons. The van der Waals surface area contributed by atoms with Gasteiger partial charge in [-0.25, -0.2) is 4.68 Å². The van der Waals surface area contributed by atoms with Crippen molar-refractivity contribution in [3.8, 4) is 0 Å². The summed E-state index contributed by atoms with van der Waals surface area (Å²) in [7, 11) is 0. The van der Waals surface area contributed by atoms with Crippen molar-refractivity contribution in [3.05, 3.63) is 11.9 Å². The van der Waals surface area contributed by atoms with Crippen molar-refractivity contribution in [2.24, 2.45) is 0 Å². The fourth-order valence-electron chi connectivity index (χ4n) is 1.26. The van der Waals surface area contributed by atoms with Crippen molar-refractivity contribution in [2.75, 3.05) is 19.8 Å². The molecule has 1 aromatic rings. The number of nitrogens with one attached hydrogen (secondary N) is 1. The van der Waals surface area contributed by atoms with E-state index in [9.17, 15) is 0 Å². The van der Waals surface area contributed by atoms with Gasteiger partial charge in [-0.2, -0.15) is 0 Å². The molecule has 16 heavy (non-hydrogen) atoms. The summed E-state index contributed by atoms with van der Waals surface area (Å²) in [5.41, 5.74) is 0.872. The summed E-state index contributed by atoms with van der Waals surface area (Å²) in [6, 6.07) is 0.294. The zero-order valence-electron chi connectivity index (χ0n) is 9.89. The lowest BCUT2D eigenvalue weighted by Crippen LogP contribution is -2.30. The van der Waals surface area contributed by atoms with Crippen LogP contribution >= 0.6 is 0 Å². The Balaban J connectivity index is 2.25. The molecule has 1 heterocycles. The van der Waals surface area contributed by atoms with Crippen LogP contribution in [0.1, 0.15) is 19.5 Å². The zero-order valence-corrected chi connectivity index (χ0v) is 9.89. The number of aromatic nitrogens is 3. The summed E-state index contributed by atoms with van der Waals surface area (Å²) in [6.45, 7) is 6.71. The maximum atomic E-state index is 8.72. The number of nitrogens with zero attached hydrogens (tertiary/aromatic N) is 3. The van der Waals surface area contributed by atoms with Gasteiger partial charge in [0.15, 0.2) is 0 Å². The number of ether oxygens (including phenoxy) is 1. The van der Waals surface area contributed by atoms with Gasteiger partial charge in [-0.15, -0.1) is 5.10 Å². The van der Waals surface area contributed by atoms with E-state index in [0.717, 1.165) is 12.3 Å². The van der Waals surface area contributed by atoms with Crippen molar-refractivity contribution in [2.45, 2.75) is 33.0 Å². The first kappa shape index (κ1) is 13.1. The van der Waals surface area contributed by atoms with E-state index in [1.165, 1.54) is 0 Å². The lowest BCUT2D eigenvalue weighted by molar-refractivity contribution is 0.127. The van der Waals surface area contributed by atoms with Gasteiger partial charge in [0.05, 0.1) is 25.5 Å². The molecule has 0 aliphatic carbocycles. The van der Waals surface area contributed by atoms with Gasteiger partial charge in [0.1, 0.15) is 0 Å². The van der Waals surface area contributed by atoms with Gasteiger partial charge in [-0.3, -0.25) is 0 Å². The molecule has 0 saturated carbocycles. The second kappa shape index (κ2) is 7.32. The third-order valence-electron chi connectivity index (χ3n) is 2.12. The van der Waals surface area contributed by atoms with Crippen LogP contribution in [0.3, 0.4) is 0 Å². The first-order chi connectivity index (χ1) is 7.76. The Morgan fingerprint density at radius 2 is 2.44 bits per heavy atom. The highest BCUT2D eigenvalue weighted by Crippen LogP contribution is 1.94.